The predicted molar refractivity (Wildman–Crippen MR) is 116 cm³/mol. The number of carbonyl (C=O) groups is 2. The normalized spacial score (nSPS) is 15.8. The zero-order chi connectivity index (χ0) is 22.6. The molecule has 2 aliphatic heterocycles. The second-order valence-corrected chi connectivity index (χ2v) is 9.18. The molecule has 9 nitrogen and oxygen atoms in total. The molecule has 4 rings (SSSR count). The van der Waals surface area contributed by atoms with E-state index in [0.717, 1.165) is 18.4 Å². The topological polar surface area (TPSA) is 111 Å². The van der Waals surface area contributed by atoms with Crippen LogP contribution in [-0.4, -0.2) is 51.1 Å². The number of anilines is 1. The van der Waals surface area contributed by atoms with E-state index in [4.69, 9.17) is 14.2 Å². The maximum absolute atomic E-state index is 12.5. The number of esters is 1. The molecule has 0 unspecified atom stereocenters. The molecule has 2 aromatic rings. The van der Waals surface area contributed by atoms with Crippen LogP contribution in [0.25, 0.3) is 6.08 Å². The Balaban J connectivity index is 1.26. The largest absolute Gasteiger partial charge is 0.454 e. The van der Waals surface area contributed by atoms with Crippen LogP contribution in [0.5, 0.6) is 11.5 Å². The van der Waals surface area contributed by atoms with Crippen LogP contribution in [0.15, 0.2) is 53.4 Å². The predicted octanol–water partition coefficient (Wildman–Crippen LogP) is 2.39. The zero-order valence-electron chi connectivity index (χ0n) is 17.2. The molecule has 1 N–H and O–H groups in total. The zero-order valence-corrected chi connectivity index (χ0v) is 18.0. The van der Waals surface area contributed by atoms with Crippen molar-refractivity contribution in [2.75, 3.05) is 31.8 Å². The molecule has 0 aromatic heterocycles. The summed E-state index contributed by atoms with van der Waals surface area (Å²) < 4.78 is 41.9. The third kappa shape index (κ3) is 5.09. The van der Waals surface area contributed by atoms with Crippen LogP contribution < -0.4 is 14.8 Å². The Bertz CT molecular complexity index is 1140. The summed E-state index contributed by atoms with van der Waals surface area (Å²) in [6, 6.07) is 11.1. The van der Waals surface area contributed by atoms with Crippen molar-refractivity contribution in [1.29, 1.82) is 0 Å². The number of nitrogens with zero attached hydrogens (tertiary/aromatic N) is 1. The molecule has 32 heavy (non-hydrogen) atoms. The van der Waals surface area contributed by atoms with E-state index < -0.39 is 28.5 Å². The van der Waals surface area contributed by atoms with E-state index in [1.54, 1.807) is 24.3 Å². The summed E-state index contributed by atoms with van der Waals surface area (Å²) in [5.41, 5.74) is 1.13. The fourth-order valence-corrected chi connectivity index (χ4v) is 4.87. The maximum Gasteiger partial charge on any atom is 0.331 e. The highest BCUT2D eigenvalue weighted by atomic mass is 32.2. The Hall–Kier alpha value is -3.37. The lowest BCUT2D eigenvalue weighted by atomic mass is 10.2. The van der Waals surface area contributed by atoms with Crippen molar-refractivity contribution in [1.82, 2.24) is 4.31 Å². The lowest BCUT2D eigenvalue weighted by Crippen LogP contribution is -2.27. The number of carbonyl (C=O) groups excluding carboxylic acids is 2. The highest BCUT2D eigenvalue weighted by molar-refractivity contribution is 7.89. The van der Waals surface area contributed by atoms with E-state index in [-0.39, 0.29) is 11.7 Å². The molecule has 0 radical (unpaired) electrons. The third-order valence-corrected chi connectivity index (χ3v) is 6.91. The van der Waals surface area contributed by atoms with Crippen molar-refractivity contribution in [3.05, 3.63) is 54.1 Å². The molecule has 0 saturated carbocycles. The lowest BCUT2D eigenvalue weighted by Gasteiger charge is -2.15. The molecule has 2 heterocycles. The van der Waals surface area contributed by atoms with E-state index in [9.17, 15) is 18.0 Å². The van der Waals surface area contributed by atoms with E-state index in [1.165, 1.54) is 34.6 Å². The minimum Gasteiger partial charge on any atom is -0.454 e. The maximum atomic E-state index is 12.5. The lowest BCUT2D eigenvalue weighted by molar-refractivity contribution is -0.142. The molecule has 0 bridgehead atoms. The second kappa shape index (κ2) is 9.41. The SMILES string of the molecule is O=C(COC(=O)/C=C/c1ccc2c(c1)OCO2)Nc1ccc(S(=O)(=O)N2CCCC2)cc1. The van der Waals surface area contributed by atoms with Crippen LogP contribution in [0, 0.1) is 0 Å². The molecule has 2 aromatic carbocycles. The summed E-state index contributed by atoms with van der Waals surface area (Å²) in [6.45, 7) is 0.735. The first-order chi connectivity index (χ1) is 15.4. The fourth-order valence-electron chi connectivity index (χ4n) is 3.35. The van der Waals surface area contributed by atoms with Crippen LogP contribution in [0.2, 0.25) is 0 Å². The van der Waals surface area contributed by atoms with Gasteiger partial charge in [-0.1, -0.05) is 6.07 Å². The standard InChI is InChI=1S/C22H22N2O7S/c25-21(14-29-22(26)10-4-16-3-9-19-20(13-16)31-15-30-19)23-17-5-7-18(8-6-17)32(27,28)24-11-1-2-12-24/h3-10,13H,1-2,11-12,14-15H2,(H,23,25)/b10-4+. The molecule has 0 aliphatic carbocycles. The number of benzene rings is 2. The minimum absolute atomic E-state index is 0.163. The molecule has 2 aliphatic rings. The first-order valence-corrected chi connectivity index (χ1v) is 11.5. The van der Waals surface area contributed by atoms with Gasteiger partial charge in [0.2, 0.25) is 16.8 Å². The van der Waals surface area contributed by atoms with Gasteiger partial charge in [0.25, 0.3) is 5.91 Å². The summed E-state index contributed by atoms with van der Waals surface area (Å²) in [6.07, 6.45) is 4.47. The summed E-state index contributed by atoms with van der Waals surface area (Å²) in [5, 5.41) is 2.57. The van der Waals surface area contributed by atoms with Gasteiger partial charge in [-0.05, 0) is 60.9 Å². The van der Waals surface area contributed by atoms with Gasteiger partial charge in [0, 0.05) is 24.9 Å². The molecule has 0 spiro atoms. The molecular formula is C22H22N2O7S. The number of fused-ring (bicyclic) bond motifs is 1. The van der Waals surface area contributed by atoms with Crippen molar-refractivity contribution in [3.63, 3.8) is 0 Å². The van der Waals surface area contributed by atoms with Crippen LogP contribution in [0.3, 0.4) is 0 Å². The number of hydrogen-bond donors (Lipinski definition) is 1. The van der Waals surface area contributed by atoms with Gasteiger partial charge in [-0.3, -0.25) is 4.79 Å². The second-order valence-electron chi connectivity index (χ2n) is 7.24. The number of ether oxygens (including phenoxy) is 3. The number of amides is 1. The van der Waals surface area contributed by atoms with Crippen molar-refractivity contribution in [3.8, 4) is 11.5 Å². The average molecular weight is 458 g/mol. The minimum atomic E-state index is -3.51. The Morgan fingerprint density at radius 2 is 1.75 bits per heavy atom. The highest BCUT2D eigenvalue weighted by Gasteiger charge is 2.26. The van der Waals surface area contributed by atoms with Crippen molar-refractivity contribution < 1.29 is 32.2 Å². The molecular weight excluding hydrogens is 436 g/mol. The van der Waals surface area contributed by atoms with Gasteiger partial charge in [0.1, 0.15) is 0 Å². The fraction of sp³-hybridized carbons (Fsp3) is 0.273. The van der Waals surface area contributed by atoms with Gasteiger partial charge in [0.15, 0.2) is 18.1 Å². The van der Waals surface area contributed by atoms with E-state index in [2.05, 4.69) is 5.32 Å². The smallest absolute Gasteiger partial charge is 0.331 e. The van der Waals surface area contributed by atoms with Gasteiger partial charge >= 0.3 is 5.97 Å². The summed E-state index contributed by atoms with van der Waals surface area (Å²) in [5.74, 6) is 0.0251. The van der Waals surface area contributed by atoms with Crippen molar-refractivity contribution in [2.24, 2.45) is 0 Å². The average Bonchev–Trinajstić information content (AvgIpc) is 3.49. The third-order valence-electron chi connectivity index (χ3n) is 4.99. The number of sulfonamides is 1. The Morgan fingerprint density at radius 3 is 2.50 bits per heavy atom. The molecule has 1 saturated heterocycles. The molecule has 168 valence electrons. The quantitative estimate of drug-likeness (QED) is 0.501. The molecule has 10 heteroatoms. The van der Waals surface area contributed by atoms with Gasteiger partial charge in [-0.15, -0.1) is 0 Å². The van der Waals surface area contributed by atoms with Gasteiger partial charge in [-0.25, -0.2) is 13.2 Å². The van der Waals surface area contributed by atoms with Crippen LogP contribution in [0.1, 0.15) is 18.4 Å². The van der Waals surface area contributed by atoms with Gasteiger partial charge in [0.05, 0.1) is 4.90 Å². The Morgan fingerprint density at radius 1 is 1.03 bits per heavy atom. The number of nitrogens with one attached hydrogen (secondary N) is 1. The van der Waals surface area contributed by atoms with Crippen molar-refractivity contribution in [2.45, 2.75) is 17.7 Å². The monoisotopic (exact) mass is 458 g/mol. The first-order valence-electron chi connectivity index (χ1n) is 10.1. The first kappa shape index (κ1) is 21.8. The molecule has 1 amide bonds. The van der Waals surface area contributed by atoms with Gasteiger partial charge < -0.3 is 19.5 Å². The molecule has 1 fully saturated rings. The van der Waals surface area contributed by atoms with E-state index >= 15 is 0 Å². The van der Waals surface area contributed by atoms with E-state index in [1.807, 2.05) is 0 Å². The van der Waals surface area contributed by atoms with Crippen molar-refractivity contribution >= 4 is 33.7 Å². The Kier molecular flexibility index (Phi) is 6.42. The van der Waals surface area contributed by atoms with Crippen LogP contribution >= 0.6 is 0 Å². The van der Waals surface area contributed by atoms with E-state index in [0.29, 0.717) is 30.3 Å². The number of rotatable bonds is 7. The summed E-state index contributed by atoms with van der Waals surface area (Å²) in [7, 11) is -3.51. The summed E-state index contributed by atoms with van der Waals surface area (Å²) >= 11 is 0. The van der Waals surface area contributed by atoms with Gasteiger partial charge in [-0.2, -0.15) is 4.31 Å². The Labute approximate surface area is 185 Å². The van der Waals surface area contributed by atoms with Crippen LogP contribution in [-0.2, 0) is 24.3 Å². The number of hydrogen-bond acceptors (Lipinski definition) is 7. The molecule has 0 atom stereocenters. The highest BCUT2D eigenvalue weighted by Crippen LogP contribution is 2.32. The van der Waals surface area contributed by atoms with Crippen LogP contribution in [0.4, 0.5) is 5.69 Å². The summed E-state index contributed by atoms with van der Waals surface area (Å²) in [4.78, 5) is 24.1.